The summed E-state index contributed by atoms with van der Waals surface area (Å²) in [5.74, 6) is -3.15. The van der Waals surface area contributed by atoms with Crippen molar-refractivity contribution in [2.24, 2.45) is 39.9 Å². The first kappa shape index (κ1) is 22.7. The van der Waals surface area contributed by atoms with E-state index in [0.717, 1.165) is 19.3 Å². The lowest BCUT2D eigenvalue weighted by atomic mass is 9.45. The summed E-state index contributed by atoms with van der Waals surface area (Å²) in [7, 11) is 0. The molecule has 7 atom stereocenters. The molecule has 4 aliphatic rings. The molecule has 4 aliphatic carbocycles. The van der Waals surface area contributed by atoms with E-state index in [1.54, 1.807) is 6.92 Å². The van der Waals surface area contributed by atoms with Crippen LogP contribution in [0.1, 0.15) is 79.1 Å². The number of carboxylic acid groups (broad SMARTS) is 1. The first-order chi connectivity index (χ1) is 14.3. The Labute approximate surface area is 184 Å². The van der Waals surface area contributed by atoms with Gasteiger partial charge in [-0.25, -0.2) is 0 Å². The van der Waals surface area contributed by atoms with Gasteiger partial charge in [0.15, 0.2) is 5.78 Å². The Balaban J connectivity index is 1.75. The highest BCUT2D eigenvalue weighted by molar-refractivity contribution is 5.87. The molecule has 0 aromatic rings. The normalized spacial score (nSPS) is 44.5. The molecule has 2 unspecified atom stereocenters. The third-order valence-electron chi connectivity index (χ3n) is 10.1. The van der Waals surface area contributed by atoms with Gasteiger partial charge < -0.3 is 15.3 Å². The lowest BCUT2D eigenvalue weighted by molar-refractivity contribution is -0.209. The van der Waals surface area contributed by atoms with Crippen LogP contribution in [-0.4, -0.2) is 38.6 Å². The maximum atomic E-state index is 13.1. The van der Waals surface area contributed by atoms with Gasteiger partial charge in [-0.05, 0) is 73.5 Å². The van der Waals surface area contributed by atoms with E-state index in [2.05, 4.69) is 19.9 Å². The molecule has 3 saturated carbocycles. The highest BCUT2D eigenvalue weighted by Gasteiger charge is 2.66. The fourth-order valence-electron chi connectivity index (χ4n) is 8.68. The fourth-order valence-corrected chi connectivity index (χ4v) is 8.68. The van der Waals surface area contributed by atoms with Gasteiger partial charge in [0.2, 0.25) is 5.79 Å². The van der Waals surface area contributed by atoms with Crippen molar-refractivity contribution in [2.45, 2.75) is 84.8 Å². The molecule has 0 aromatic carbocycles. The van der Waals surface area contributed by atoms with E-state index in [1.807, 2.05) is 6.92 Å². The van der Waals surface area contributed by atoms with Gasteiger partial charge in [-0.2, -0.15) is 0 Å². The Morgan fingerprint density at radius 2 is 1.87 bits per heavy atom. The second-order valence-electron chi connectivity index (χ2n) is 11.4. The van der Waals surface area contributed by atoms with Gasteiger partial charge in [0.25, 0.3) is 0 Å². The minimum atomic E-state index is -2.27. The highest BCUT2D eigenvalue weighted by Crippen LogP contribution is 2.70. The van der Waals surface area contributed by atoms with Crippen molar-refractivity contribution in [1.29, 1.82) is 0 Å². The lowest BCUT2D eigenvalue weighted by Crippen LogP contribution is -2.57. The maximum Gasteiger partial charge on any atom is 0.303 e. The molecular weight excluding hydrogens is 396 g/mol. The predicted molar refractivity (Wildman–Crippen MR) is 114 cm³/mol. The number of ketones is 2. The van der Waals surface area contributed by atoms with Gasteiger partial charge >= 0.3 is 5.97 Å². The molecule has 0 aromatic heterocycles. The molecule has 172 valence electrons. The molecule has 31 heavy (non-hydrogen) atoms. The van der Waals surface area contributed by atoms with E-state index in [1.165, 1.54) is 5.57 Å². The monoisotopic (exact) mass is 432 g/mol. The van der Waals surface area contributed by atoms with Crippen molar-refractivity contribution < 1.29 is 29.7 Å². The molecule has 0 saturated heterocycles. The molecule has 6 heteroatoms. The number of hydrogen-bond acceptors (Lipinski definition) is 5. The summed E-state index contributed by atoms with van der Waals surface area (Å²) in [6.45, 7) is 7.80. The molecule has 4 rings (SSSR count). The summed E-state index contributed by atoms with van der Waals surface area (Å²) in [5.41, 5.74) is -0.173. The van der Waals surface area contributed by atoms with Crippen molar-refractivity contribution in [3.05, 3.63) is 11.6 Å². The first-order valence-corrected chi connectivity index (χ1v) is 11.7. The molecule has 0 spiro atoms. The summed E-state index contributed by atoms with van der Waals surface area (Å²) in [6.07, 6.45) is 6.51. The van der Waals surface area contributed by atoms with E-state index >= 15 is 0 Å². The molecule has 6 nitrogen and oxygen atoms in total. The number of aliphatic carboxylic acids is 1. The summed E-state index contributed by atoms with van der Waals surface area (Å²) in [6, 6.07) is 0. The van der Waals surface area contributed by atoms with E-state index < -0.39 is 28.4 Å². The Morgan fingerprint density at radius 3 is 2.48 bits per heavy atom. The van der Waals surface area contributed by atoms with Crippen LogP contribution in [0.2, 0.25) is 0 Å². The molecule has 0 radical (unpaired) electrons. The van der Waals surface area contributed by atoms with Crippen molar-refractivity contribution in [3.8, 4) is 0 Å². The summed E-state index contributed by atoms with van der Waals surface area (Å²) in [4.78, 5) is 36.8. The van der Waals surface area contributed by atoms with Gasteiger partial charge in [0.1, 0.15) is 5.78 Å². The number of aliphatic hydroxyl groups is 2. The van der Waals surface area contributed by atoms with Gasteiger partial charge in [0.05, 0.1) is 0 Å². The SMILES string of the molecule is CC(=O)[C@@]1(C(C)CC(=O)O)CC[C@H]2[C@@H]3CCC4CC(=O)C(O)(O)C[C@]4(C)C3=CC[C@@]21C. The van der Waals surface area contributed by atoms with Crippen LogP contribution in [0.5, 0.6) is 0 Å². The number of rotatable bonds is 4. The van der Waals surface area contributed by atoms with E-state index in [9.17, 15) is 29.7 Å². The zero-order valence-electron chi connectivity index (χ0n) is 19.1. The Morgan fingerprint density at radius 1 is 1.19 bits per heavy atom. The molecule has 0 amide bonds. The number of allylic oxidation sites excluding steroid dienone is 2. The molecular formula is C25H36O6. The third-order valence-corrected chi connectivity index (χ3v) is 10.1. The smallest absolute Gasteiger partial charge is 0.303 e. The Kier molecular flexibility index (Phi) is 5.10. The van der Waals surface area contributed by atoms with Crippen LogP contribution in [-0.2, 0) is 14.4 Å². The lowest BCUT2D eigenvalue weighted by Gasteiger charge is -2.59. The molecule has 0 aliphatic heterocycles. The van der Waals surface area contributed by atoms with Crippen molar-refractivity contribution in [3.63, 3.8) is 0 Å². The van der Waals surface area contributed by atoms with Crippen LogP contribution in [0.15, 0.2) is 11.6 Å². The van der Waals surface area contributed by atoms with Crippen LogP contribution in [0.4, 0.5) is 0 Å². The Hall–Kier alpha value is -1.53. The number of carbonyl (C=O) groups is 3. The van der Waals surface area contributed by atoms with Gasteiger partial charge in [0, 0.05) is 24.7 Å². The molecule has 0 heterocycles. The first-order valence-electron chi connectivity index (χ1n) is 11.7. The minimum absolute atomic E-state index is 0.0113. The maximum absolute atomic E-state index is 13.1. The zero-order chi connectivity index (χ0) is 23.0. The third kappa shape index (κ3) is 2.93. The topological polar surface area (TPSA) is 112 Å². The zero-order valence-corrected chi connectivity index (χ0v) is 19.1. The quantitative estimate of drug-likeness (QED) is 0.463. The van der Waals surface area contributed by atoms with Gasteiger partial charge in [-0.3, -0.25) is 14.4 Å². The number of carbonyl (C=O) groups excluding carboxylic acids is 2. The number of Topliss-reactive ketones (excluding diaryl/α,β-unsaturated/α-hetero) is 2. The second kappa shape index (κ2) is 6.98. The van der Waals surface area contributed by atoms with Crippen LogP contribution in [0.3, 0.4) is 0 Å². The highest BCUT2D eigenvalue weighted by atomic mass is 16.5. The van der Waals surface area contributed by atoms with Crippen LogP contribution in [0, 0.1) is 39.9 Å². The number of fused-ring (bicyclic) bond motifs is 5. The van der Waals surface area contributed by atoms with Crippen LogP contribution in [0.25, 0.3) is 0 Å². The molecule has 3 fully saturated rings. The van der Waals surface area contributed by atoms with Crippen molar-refractivity contribution >= 4 is 17.5 Å². The molecule has 0 bridgehead atoms. The average molecular weight is 433 g/mol. The second-order valence-corrected chi connectivity index (χ2v) is 11.4. The average Bonchev–Trinajstić information content (AvgIpc) is 2.96. The van der Waals surface area contributed by atoms with Gasteiger partial charge in [-0.1, -0.05) is 32.4 Å². The van der Waals surface area contributed by atoms with Crippen LogP contribution >= 0.6 is 0 Å². The summed E-state index contributed by atoms with van der Waals surface area (Å²) >= 11 is 0. The number of carboxylic acids is 1. The van der Waals surface area contributed by atoms with Crippen molar-refractivity contribution in [1.82, 2.24) is 0 Å². The standard InChI is InChI=1S/C25H36O6/c1-14(11-21(28)29)24(15(2)26)10-8-19-17-6-5-16-12-20(27)25(30,31)13-22(16,3)18(17)7-9-23(19,24)4/h7,14,16-17,19,30-31H,5-6,8-13H2,1-4H3,(H,28,29)/t14?,16?,17-,19+,22+,23+,24+/m1/s1. The van der Waals surface area contributed by atoms with E-state index in [4.69, 9.17) is 0 Å². The van der Waals surface area contributed by atoms with Crippen LogP contribution < -0.4 is 0 Å². The number of hydrogen-bond donors (Lipinski definition) is 3. The van der Waals surface area contributed by atoms with E-state index in [0.29, 0.717) is 12.8 Å². The Bertz CT molecular complexity index is 858. The van der Waals surface area contributed by atoms with Crippen molar-refractivity contribution in [2.75, 3.05) is 0 Å². The predicted octanol–water partition coefficient (Wildman–Crippen LogP) is 3.50. The fraction of sp³-hybridized carbons (Fsp3) is 0.800. The molecule has 3 N–H and O–H groups in total. The van der Waals surface area contributed by atoms with E-state index in [-0.39, 0.29) is 54.1 Å². The summed E-state index contributed by atoms with van der Waals surface area (Å²) < 4.78 is 0. The largest absolute Gasteiger partial charge is 0.481 e. The minimum Gasteiger partial charge on any atom is -0.481 e. The van der Waals surface area contributed by atoms with Gasteiger partial charge in [-0.15, -0.1) is 0 Å². The summed E-state index contributed by atoms with van der Waals surface area (Å²) in [5, 5.41) is 30.2.